The van der Waals surface area contributed by atoms with Crippen LogP contribution in [0.1, 0.15) is 0 Å². The lowest BCUT2D eigenvalue weighted by Crippen LogP contribution is -1.98. The first kappa shape index (κ1) is 9.65. The Kier molecular flexibility index (Phi) is 1.98. The van der Waals surface area contributed by atoms with Crippen LogP contribution in [0, 0.1) is 0 Å². The fourth-order valence-electron chi connectivity index (χ4n) is 1.64. The summed E-state index contributed by atoms with van der Waals surface area (Å²) in [5.41, 5.74) is 1.81. The van der Waals surface area contributed by atoms with Gasteiger partial charge in [0.25, 0.3) is 0 Å². The number of phenols is 2. The lowest BCUT2D eigenvalue weighted by Gasteiger charge is -2.02. The summed E-state index contributed by atoms with van der Waals surface area (Å²) in [5.74, 6) is 0.0715. The van der Waals surface area contributed by atoms with Crippen LogP contribution >= 0.6 is 0 Å². The van der Waals surface area contributed by atoms with E-state index in [-0.39, 0.29) is 11.5 Å². The minimum absolute atomic E-state index is 0.0168. The molecule has 5 heteroatoms. The largest absolute Gasteiger partial charge is 0.508 e. The van der Waals surface area contributed by atoms with Gasteiger partial charge in [0.05, 0.1) is 0 Å². The minimum Gasteiger partial charge on any atom is -0.508 e. The van der Waals surface area contributed by atoms with Crippen molar-refractivity contribution in [2.24, 2.45) is 0 Å². The zero-order valence-electron chi connectivity index (χ0n) is 8.78. The third kappa shape index (κ3) is 1.57. The van der Waals surface area contributed by atoms with Crippen molar-refractivity contribution in [3.63, 3.8) is 0 Å². The monoisotopic (exact) mass is 227 g/mol. The Morgan fingerprint density at radius 1 is 0.882 bits per heavy atom. The van der Waals surface area contributed by atoms with Gasteiger partial charge in [-0.1, -0.05) is 12.1 Å². The van der Waals surface area contributed by atoms with Crippen LogP contribution in [0.2, 0.25) is 0 Å². The molecule has 2 N–H and O–H groups in total. The minimum atomic E-state index is 0.0168. The van der Waals surface area contributed by atoms with Gasteiger partial charge in [-0.15, -0.1) is 15.0 Å². The highest BCUT2D eigenvalue weighted by atomic mass is 16.3. The molecule has 0 amide bonds. The maximum absolute atomic E-state index is 9.70. The Morgan fingerprint density at radius 2 is 1.53 bits per heavy atom. The van der Waals surface area contributed by atoms with Crippen LogP contribution in [0.3, 0.4) is 0 Å². The van der Waals surface area contributed by atoms with Crippen molar-refractivity contribution in [2.75, 3.05) is 0 Å². The summed E-state index contributed by atoms with van der Waals surface area (Å²) in [4.78, 5) is 1.31. The molecular formula is C12H9N3O2. The van der Waals surface area contributed by atoms with E-state index in [2.05, 4.69) is 10.2 Å². The SMILES string of the molecule is Oc1ccc(O)c(-n2nc3ccccc3n2)c1. The van der Waals surface area contributed by atoms with Crippen molar-refractivity contribution in [3.05, 3.63) is 42.5 Å². The van der Waals surface area contributed by atoms with Crippen LogP contribution in [0.5, 0.6) is 11.5 Å². The van der Waals surface area contributed by atoms with E-state index in [0.29, 0.717) is 5.69 Å². The van der Waals surface area contributed by atoms with Gasteiger partial charge in [0, 0.05) is 6.07 Å². The Balaban J connectivity index is 2.23. The van der Waals surface area contributed by atoms with Gasteiger partial charge in [0.2, 0.25) is 0 Å². The second-order valence-electron chi connectivity index (χ2n) is 3.65. The van der Waals surface area contributed by atoms with Gasteiger partial charge >= 0.3 is 0 Å². The predicted octanol–water partition coefficient (Wildman–Crippen LogP) is 1.83. The first-order valence-corrected chi connectivity index (χ1v) is 5.08. The molecular weight excluding hydrogens is 218 g/mol. The zero-order chi connectivity index (χ0) is 11.8. The van der Waals surface area contributed by atoms with E-state index in [0.717, 1.165) is 11.0 Å². The number of aromatic hydroxyl groups is 2. The quantitative estimate of drug-likeness (QED) is 0.622. The fraction of sp³-hybridized carbons (Fsp3) is 0. The number of nitrogens with zero attached hydrogens (tertiary/aromatic N) is 3. The normalized spacial score (nSPS) is 10.8. The van der Waals surface area contributed by atoms with E-state index in [9.17, 15) is 10.2 Å². The van der Waals surface area contributed by atoms with Crippen molar-refractivity contribution < 1.29 is 10.2 Å². The Morgan fingerprint density at radius 3 is 2.18 bits per heavy atom. The summed E-state index contributed by atoms with van der Waals surface area (Å²) >= 11 is 0. The van der Waals surface area contributed by atoms with Gasteiger partial charge in [-0.05, 0) is 24.3 Å². The van der Waals surface area contributed by atoms with Crippen LogP contribution in [0.25, 0.3) is 16.7 Å². The molecule has 2 aromatic carbocycles. The molecule has 1 heterocycles. The number of rotatable bonds is 1. The highest BCUT2D eigenvalue weighted by molar-refractivity contribution is 5.73. The molecule has 0 aliphatic rings. The highest BCUT2D eigenvalue weighted by Crippen LogP contribution is 2.25. The Labute approximate surface area is 96.6 Å². The average Bonchev–Trinajstić information content (AvgIpc) is 2.75. The molecule has 3 aromatic rings. The third-order valence-corrected chi connectivity index (χ3v) is 2.46. The first-order chi connectivity index (χ1) is 8.24. The van der Waals surface area contributed by atoms with Gasteiger partial charge in [-0.2, -0.15) is 0 Å². The summed E-state index contributed by atoms with van der Waals surface area (Å²) in [6, 6.07) is 11.6. The summed E-state index contributed by atoms with van der Waals surface area (Å²) in [7, 11) is 0. The third-order valence-electron chi connectivity index (χ3n) is 2.46. The Bertz CT molecular complexity index is 658. The lowest BCUT2D eigenvalue weighted by molar-refractivity contribution is 0.454. The summed E-state index contributed by atoms with van der Waals surface area (Å²) < 4.78 is 0. The summed E-state index contributed by atoms with van der Waals surface area (Å²) in [6.45, 7) is 0. The molecule has 84 valence electrons. The van der Waals surface area contributed by atoms with Crippen molar-refractivity contribution in [3.8, 4) is 17.2 Å². The second kappa shape index (κ2) is 3.48. The van der Waals surface area contributed by atoms with E-state index < -0.39 is 0 Å². The van der Waals surface area contributed by atoms with Crippen molar-refractivity contribution in [1.82, 2.24) is 15.0 Å². The molecule has 0 bridgehead atoms. The van der Waals surface area contributed by atoms with Crippen molar-refractivity contribution >= 4 is 11.0 Å². The van der Waals surface area contributed by atoms with E-state index >= 15 is 0 Å². The summed E-state index contributed by atoms with van der Waals surface area (Å²) in [6.07, 6.45) is 0. The molecule has 0 atom stereocenters. The standard InChI is InChI=1S/C12H9N3O2/c16-8-5-6-12(17)11(7-8)15-13-9-3-1-2-4-10(9)14-15/h1-7,16-17H. The number of benzene rings is 2. The fourth-order valence-corrected chi connectivity index (χ4v) is 1.64. The van der Waals surface area contributed by atoms with Gasteiger partial charge < -0.3 is 10.2 Å². The molecule has 0 aliphatic carbocycles. The zero-order valence-corrected chi connectivity index (χ0v) is 8.78. The van der Waals surface area contributed by atoms with Gasteiger partial charge in [0.15, 0.2) is 0 Å². The van der Waals surface area contributed by atoms with Crippen LogP contribution in [0.15, 0.2) is 42.5 Å². The van der Waals surface area contributed by atoms with Gasteiger partial charge in [-0.25, -0.2) is 0 Å². The van der Waals surface area contributed by atoms with Crippen molar-refractivity contribution in [1.29, 1.82) is 0 Å². The second-order valence-corrected chi connectivity index (χ2v) is 3.65. The Hall–Kier alpha value is -2.56. The van der Waals surface area contributed by atoms with E-state index in [4.69, 9.17) is 0 Å². The average molecular weight is 227 g/mol. The lowest BCUT2D eigenvalue weighted by atomic mass is 10.3. The van der Waals surface area contributed by atoms with Gasteiger partial charge in [0.1, 0.15) is 28.2 Å². The highest BCUT2D eigenvalue weighted by Gasteiger charge is 2.08. The molecule has 0 aliphatic heterocycles. The molecule has 0 spiro atoms. The van der Waals surface area contributed by atoms with E-state index in [1.165, 1.54) is 23.0 Å². The maximum Gasteiger partial charge on any atom is 0.143 e. The molecule has 5 nitrogen and oxygen atoms in total. The molecule has 17 heavy (non-hydrogen) atoms. The van der Waals surface area contributed by atoms with Crippen LogP contribution in [0.4, 0.5) is 0 Å². The van der Waals surface area contributed by atoms with Crippen LogP contribution in [-0.2, 0) is 0 Å². The number of hydrogen-bond acceptors (Lipinski definition) is 4. The van der Waals surface area contributed by atoms with Crippen LogP contribution < -0.4 is 0 Å². The molecule has 1 aromatic heterocycles. The molecule has 0 saturated carbocycles. The van der Waals surface area contributed by atoms with Gasteiger partial charge in [-0.3, -0.25) is 0 Å². The maximum atomic E-state index is 9.70. The smallest absolute Gasteiger partial charge is 0.143 e. The van der Waals surface area contributed by atoms with E-state index in [1.807, 2.05) is 24.3 Å². The summed E-state index contributed by atoms with van der Waals surface area (Å²) in [5, 5.41) is 27.5. The van der Waals surface area contributed by atoms with Crippen LogP contribution in [-0.4, -0.2) is 25.2 Å². The van der Waals surface area contributed by atoms with E-state index in [1.54, 1.807) is 0 Å². The number of hydrogen-bond donors (Lipinski definition) is 2. The predicted molar refractivity (Wildman–Crippen MR) is 62.2 cm³/mol. The van der Waals surface area contributed by atoms with Crippen molar-refractivity contribution in [2.45, 2.75) is 0 Å². The molecule has 3 rings (SSSR count). The molecule has 0 radical (unpaired) electrons. The molecule has 0 unspecified atom stereocenters. The molecule has 0 saturated heterocycles. The number of phenolic OH excluding ortho intramolecular Hbond substituents is 2. The topological polar surface area (TPSA) is 71.2 Å². The molecule has 0 fully saturated rings. The number of aromatic nitrogens is 3. The first-order valence-electron chi connectivity index (χ1n) is 5.08. The number of fused-ring (bicyclic) bond motifs is 1.